The molecule has 1 heterocycles. The number of Topliss-reactive ketones (excluding diaryl/α,β-unsaturated/α-hetero) is 1. The number of anilines is 1. The van der Waals surface area contributed by atoms with Gasteiger partial charge in [-0.15, -0.1) is 0 Å². The standard InChI is InChI=1S/C21H22F2N2O4S/c1-4-30(27,28)24-16-6-5-7-19(29-18-9-8-14(22)11-15(18)23)20(16)21-17(26)10-13(2)12-25(21)3/h5-9,11-12,21,24H,4,10H2,1-3H3. The van der Waals surface area contributed by atoms with Crippen LogP contribution in [-0.2, 0) is 14.8 Å². The fourth-order valence-corrected chi connectivity index (χ4v) is 4.01. The second-order valence-corrected chi connectivity index (χ2v) is 9.10. The Hall–Kier alpha value is -2.94. The predicted molar refractivity (Wildman–Crippen MR) is 110 cm³/mol. The summed E-state index contributed by atoms with van der Waals surface area (Å²) in [5, 5.41) is 0. The first-order valence-corrected chi connectivity index (χ1v) is 10.9. The van der Waals surface area contributed by atoms with Gasteiger partial charge in [-0.25, -0.2) is 17.2 Å². The molecule has 2 aromatic carbocycles. The van der Waals surface area contributed by atoms with Gasteiger partial charge in [0.2, 0.25) is 10.0 Å². The number of rotatable bonds is 6. The van der Waals surface area contributed by atoms with Crippen LogP contribution in [0.1, 0.15) is 31.9 Å². The van der Waals surface area contributed by atoms with E-state index in [9.17, 15) is 22.0 Å². The number of carbonyl (C=O) groups excluding carboxylic acids is 1. The largest absolute Gasteiger partial charge is 0.454 e. The van der Waals surface area contributed by atoms with Crippen molar-refractivity contribution in [3.05, 3.63) is 65.4 Å². The van der Waals surface area contributed by atoms with Crippen molar-refractivity contribution in [2.45, 2.75) is 26.3 Å². The molecule has 1 aliphatic heterocycles. The van der Waals surface area contributed by atoms with Gasteiger partial charge in [0.15, 0.2) is 17.3 Å². The molecule has 0 bridgehead atoms. The predicted octanol–water partition coefficient (Wildman–Crippen LogP) is 4.37. The van der Waals surface area contributed by atoms with Crippen LogP contribution in [0.5, 0.6) is 11.5 Å². The van der Waals surface area contributed by atoms with Gasteiger partial charge in [0.25, 0.3) is 0 Å². The number of halogens is 2. The third-order valence-corrected chi connectivity index (χ3v) is 5.98. The highest BCUT2D eigenvalue weighted by molar-refractivity contribution is 7.92. The lowest BCUT2D eigenvalue weighted by Crippen LogP contribution is -2.32. The van der Waals surface area contributed by atoms with E-state index in [0.29, 0.717) is 6.07 Å². The lowest BCUT2D eigenvalue weighted by atomic mass is 9.92. The molecule has 1 aliphatic rings. The fraction of sp³-hybridized carbons (Fsp3) is 0.286. The van der Waals surface area contributed by atoms with E-state index in [1.807, 2.05) is 6.92 Å². The summed E-state index contributed by atoms with van der Waals surface area (Å²) in [6.07, 6.45) is 1.98. The maximum Gasteiger partial charge on any atom is 0.232 e. The Balaban J connectivity index is 2.16. The van der Waals surface area contributed by atoms with E-state index in [2.05, 4.69) is 4.72 Å². The first-order valence-electron chi connectivity index (χ1n) is 9.29. The number of hydrogen-bond donors (Lipinski definition) is 1. The minimum atomic E-state index is -3.66. The maximum absolute atomic E-state index is 14.2. The molecule has 9 heteroatoms. The van der Waals surface area contributed by atoms with E-state index in [1.54, 1.807) is 18.1 Å². The molecule has 0 radical (unpaired) electrons. The topological polar surface area (TPSA) is 75.7 Å². The molecule has 0 saturated carbocycles. The molecular weight excluding hydrogens is 414 g/mol. The van der Waals surface area contributed by atoms with Crippen molar-refractivity contribution in [1.82, 2.24) is 4.90 Å². The minimum Gasteiger partial charge on any atom is -0.454 e. The molecule has 0 amide bonds. The third-order valence-electron chi connectivity index (χ3n) is 4.69. The van der Waals surface area contributed by atoms with Gasteiger partial charge in [0, 0.05) is 25.1 Å². The molecule has 1 unspecified atom stereocenters. The highest BCUT2D eigenvalue weighted by atomic mass is 32.2. The second kappa shape index (κ2) is 8.43. The fourth-order valence-electron chi connectivity index (χ4n) is 3.35. The van der Waals surface area contributed by atoms with Gasteiger partial charge in [-0.05, 0) is 49.9 Å². The van der Waals surface area contributed by atoms with E-state index in [0.717, 1.165) is 17.7 Å². The maximum atomic E-state index is 14.2. The molecule has 1 N–H and O–H groups in total. The Bertz CT molecular complexity index is 1120. The highest BCUT2D eigenvalue weighted by Gasteiger charge is 2.33. The van der Waals surface area contributed by atoms with Crippen molar-refractivity contribution in [3.8, 4) is 11.5 Å². The zero-order valence-electron chi connectivity index (χ0n) is 16.8. The molecule has 1 atom stereocenters. The Kier molecular flexibility index (Phi) is 6.12. The smallest absolute Gasteiger partial charge is 0.232 e. The van der Waals surface area contributed by atoms with Crippen LogP contribution in [0.15, 0.2) is 48.2 Å². The Morgan fingerprint density at radius 2 is 1.93 bits per heavy atom. The van der Waals surface area contributed by atoms with Crippen LogP contribution in [0.3, 0.4) is 0 Å². The molecule has 3 rings (SSSR count). The molecule has 0 saturated heterocycles. The molecule has 160 valence electrons. The molecule has 2 aromatic rings. The quantitative estimate of drug-likeness (QED) is 0.728. The SMILES string of the molecule is CCS(=O)(=O)Nc1cccc(Oc2ccc(F)cc2F)c1C1C(=O)CC(C)=CN1C. The summed E-state index contributed by atoms with van der Waals surface area (Å²) in [6, 6.07) is 6.57. The van der Waals surface area contributed by atoms with Crippen LogP contribution in [0, 0.1) is 11.6 Å². The average Bonchev–Trinajstić information content (AvgIpc) is 2.65. The molecule has 6 nitrogen and oxygen atoms in total. The summed E-state index contributed by atoms with van der Waals surface area (Å²) >= 11 is 0. The summed E-state index contributed by atoms with van der Waals surface area (Å²) in [5.41, 5.74) is 1.28. The van der Waals surface area contributed by atoms with Gasteiger partial charge in [0.05, 0.1) is 11.4 Å². The van der Waals surface area contributed by atoms with Crippen molar-refractivity contribution in [2.24, 2.45) is 0 Å². The van der Waals surface area contributed by atoms with Crippen LogP contribution in [0.4, 0.5) is 14.5 Å². The van der Waals surface area contributed by atoms with E-state index >= 15 is 0 Å². The molecule has 0 aliphatic carbocycles. The van der Waals surface area contributed by atoms with Gasteiger partial charge in [-0.2, -0.15) is 0 Å². The van der Waals surface area contributed by atoms with Gasteiger partial charge in [0.1, 0.15) is 17.6 Å². The zero-order chi connectivity index (χ0) is 22.1. The number of benzene rings is 2. The van der Waals surface area contributed by atoms with E-state index in [4.69, 9.17) is 4.74 Å². The number of hydrogen-bond acceptors (Lipinski definition) is 5. The van der Waals surface area contributed by atoms with Crippen molar-refractivity contribution >= 4 is 21.5 Å². The summed E-state index contributed by atoms with van der Waals surface area (Å²) < 4.78 is 60.0. The van der Waals surface area contributed by atoms with Gasteiger partial charge >= 0.3 is 0 Å². The Labute approximate surface area is 174 Å². The molecule has 0 fully saturated rings. The highest BCUT2D eigenvalue weighted by Crippen LogP contribution is 2.41. The number of nitrogens with one attached hydrogen (secondary N) is 1. The van der Waals surface area contributed by atoms with Crippen LogP contribution in [-0.4, -0.2) is 31.9 Å². The lowest BCUT2D eigenvalue weighted by Gasteiger charge is -2.33. The van der Waals surface area contributed by atoms with E-state index in [1.165, 1.54) is 25.1 Å². The monoisotopic (exact) mass is 436 g/mol. The van der Waals surface area contributed by atoms with Crippen LogP contribution in [0.2, 0.25) is 0 Å². The van der Waals surface area contributed by atoms with Gasteiger partial charge < -0.3 is 9.64 Å². The lowest BCUT2D eigenvalue weighted by molar-refractivity contribution is -0.123. The first-order chi connectivity index (χ1) is 14.1. The molecule has 0 aromatic heterocycles. The normalized spacial score (nSPS) is 17.0. The number of ketones is 1. The zero-order valence-corrected chi connectivity index (χ0v) is 17.6. The number of nitrogens with zero attached hydrogens (tertiary/aromatic N) is 1. The summed E-state index contributed by atoms with van der Waals surface area (Å²) in [4.78, 5) is 14.5. The summed E-state index contributed by atoms with van der Waals surface area (Å²) in [7, 11) is -1.96. The third kappa shape index (κ3) is 4.62. The Morgan fingerprint density at radius 1 is 1.20 bits per heavy atom. The van der Waals surface area contributed by atoms with Gasteiger partial charge in [-0.1, -0.05) is 6.07 Å². The molecule has 30 heavy (non-hydrogen) atoms. The van der Waals surface area contributed by atoms with E-state index < -0.39 is 27.7 Å². The number of likely N-dealkylation sites (N-methyl/N-ethyl adjacent to an activating group) is 1. The van der Waals surface area contributed by atoms with Crippen molar-refractivity contribution in [2.75, 3.05) is 17.5 Å². The molecule has 0 spiro atoms. The van der Waals surface area contributed by atoms with Crippen LogP contribution in [0.25, 0.3) is 0 Å². The number of sulfonamides is 1. The van der Waals surface area contributed by atoms with Gasteiger partial charge in [-0.3, -0.25) is 9.52 Å². The van der Waals surface area contributed by atoms with Crippen molar-refractivity contribution < 1.29 is 26.7 Å². The number of allylic oxidation sites excluding steroid dienone is 1. The van der Waals surface area contributed by atoms with E-state index in [-0.39, 0.29) is 40.7 Å². The van der Waals surface area contributed by atoms with Crippen molar-refractivity contribution in [3.63, 3.8) is 0 Å². The second-order valence-electron chi connectivity index (χ2n) is 7.09. The number of carbonyl (C=O) groups is 1. The Morgan fingerprint density at radius 3 is 2.57 bits per heavy atom. The number of ether oxygens (including phenoxy) is 1. The first kappa shape index (κ1) is 21.8. The van der Waals surface area contributed by atoms with Crippen molar-refractivity contribution in [1.29, 1.82) is 0 Å². The summed E-state index contributed by atoms with van der Waals surface area (Å²) in [5.74, 6) is -2.16. The average molecular weight is 436 g/mol. The van der Waals surface area contributed by atoms with Crippen LogP contribution >= 0.6 is 0 Å². The minimum absolute atomic E-state index is 0.0926. The summed E-state index contributed by atoms with van der Waals surface area (Å²) in [6.45, 7) is 3.31. The molecular formula is C21H22F2N2O4S. The van der Waals surface area contributed by atoms with Crippen LogP contribution < -0.4 is 9.46 Å².